The van der Waals surface area contributed by atoms with Crippen molar-refractivity contribution in [3.63, 3.8) is 0 Å². The molecule has 2 N–H and O–H groups in total. The number of nitrogens with one attached hydrogen (secondary N) is 1. The van der Waals surface area contributed by atoms with Gasteiger partial charge in [-0.2, -0.15) is 8.42 Å². The molecule has 2 aromatic rings. The van der Waals surface area contributed by atoms with Crippen molar-refractivity contribution in [1.82, 2.24) is 20.2 Å². The van der Waals surface area contributed by atoms with Crippen LogP contribution in [0.5, 0.6) is 5.75 Å². The first-order valence-corrected chi connectivity index (χ1v) is 16.7. The number of nitrogens with zero attached hydrogens (tertiary/aromatic N) is 4. The first-order valence-electron chi connectivity index (χ1n) is 14.7. The SMILES string of the molecule is O=C(CC1CN(C(=O)Cc2ccc(OCCCC3CCN(c4ncc(Cl)cn4)CC3)cc2F)C1)NCCCCS(=O)(=O)O. The van der Waals surface area contributed by atoms with Crippen molar-refractivity contribution in [3.8, 4) is 5.75 Å². The van der Waals surface area contributed by atoms with Gasteiger partial charge in [-0.15, -0.1) is 0 Å². The molecule has 2 aliphatic heterocycles. The van der Waals surface area contributed by atoms with E-state index < -0.39 is 15.9 Å². The molecule has 2 amide bonds. The molecule has 11 nitrogen and oxygen atoms in total. The van der Waals surface area contributed by atoms with Crippen LogP contribution in [0.4, 0.5) is 10.3 Å². The Morgan fingerprint density at radius 1 is 1.09 bits per heavy atom. The van der Waals surface area contributed by atoms with Crippen molar-refractivity contribution in [2.75, 3.05) is 50.0 Å². The molecule has 0 atom stereocenters. The minimum absolute atomic E-state index is 0.0347. The van der Waals surface area contributed by atoms with E-state index in [4.69, 9.17) is 20.9 Å². The molecule has 14 heteroatoms. The second-order valence-corrected chi connectivity index (χ2v) is 13.3. The molecule has 0 bridgehead atoms. The Morgan fingerprint density at radius 2 is 1.81 bits per heavy atom. The lowest BCUT2D eigenvalue weighted by molar-refractivity contribution is -0.139. The van der Waals surface area contributed by atoms with Crippen LogP contribution in [-0.4, -0.2) is 84.7 Å². The van der Waals surface area contributed by atoms with Gasteiger partial charge in [0.25, 0.3) is 10.1 Å². The van der Waals surface area contributed by atoms with Gasteiger partial charge < -0.3 is 19.9 Å². The molecule has 2 aliphatic rings. The summed E-state index contributed by atoms with van der Waals surface area (Å²) in [6.07, 6.45) is 8.13. The summed E-state index contributed by atoms with van der Waals surface area (Å²) in [6, 6.07) is 4.60. The van der Waals surface area contributed by atoms with E-state index in [0.717, 1.165) is 38.8 Å². The molecule has 0 aliphatic carbocycles. The molecule has 2 saturated heterocycles. The molecule has 4 rings (SSSR count). The topological polar surface area (TPSA) is 142 Å². The number of likely N-dealkylation sites (tertiary alicyclic amines) is 1. The maximum absolute atomic E-state index is 14.7. The molecule has 1 aromatic carbocycles. The van der Waals surface area contributed by atoms with Gasteiger partial charge in [-0.3, -0.25) is 14.1 Å². The van der Waals surface area contributed by atoms with Crippen molar-refractivity contribution in [2.24, 2.45) is 11.8 Å². The molecule has 2 fully saturated rings. The summed E-state index contributed by atoms with van der Waals surface area (Å²) < 4.78 is 50.6. The summed E-state index contributed by atoms with van der Waals surface area (Å²) in [5.74, 6) is 0.612. The summed E-state index contributed by atoms with van der Waals surface area (Å²) >= 11 is 5.87. The molecule has 3 heterocycles. The lowest BCUT2D eigenvalue weighted by atomic mass is 9.92. The Kier molecular flexibility index (Phi) is 11.9. The Hall–Kier alpha value is -3.03. The van der Waals surface area contributed by atoms with Crippen molar-refractivity contribution < 1.29 is 31.7 Å². The van der Waals surface area contributed by atoms with Gasteiger partial charge >= 0.3 is 0 Å². The van der Waals surface area contributed by atoms with E-state index in [1.54, 1.807) is 29.4 Å². The van der Waals surface area contributed by atoms with Crippen molar-refractivity contribution >= 4 is 39.5 Å². The molecule has 0 saturated carbocycles. The smallest absolute Gasteiger partial charge is 0.264 e. The van der Waals surface area contributed by atoms with Crippen LogP contribution >= 0.6 is 11.6 Å². The fourth-order valence-corrected chi connectivity index (χ4v) is 6.03. The molecule has 0 spiro atoms. The number of benzene rings is 1. The van der Waals surface area contributed by atoms with Gasteiger partial charge in [0.15, 0.2) is 0 Å². The maximum Gasteiger partial charge on any atom is 0.264 e. The van der Waals surface area contributed by atoms with Crippen molar-refractivity contribution in [1.29, 1.82) is 0 Å². The number of carbonyl (C=O) groups excluding carboxylic acids is 2. The number of aromatic nitrogens is 2. The maximum atomic E-state index is 14.7. The van der Waals surface area contributed by atoms with E-state index in [1.807, 2.05) is 0 Å². The number of anilines is 1. The van der Waals surface area contributed by atoms with Crippen LogP contribution < -0.4 is 15.0 Å². The average molecular weight is 640 g/mol. The Bertz CT molecular complexity index is 1340. The zero-order valence-corrected chi connectivity index (χ0v) is 25.7. The molecular formula is C29H39ClFN5O6S. The number of halogens is 2. The molecule has 0 radical (unpaired) electrons. The highest BCUT2D eigenvalue weighted by molar-refractivity contribution is 7.85. The van der Waals surface area contributed by atoms with Crippen LogP contribution in [0.3, 0.4) is 0 Å². The second-order valence-electron chi connectivity index (χ2n) is 11.3. The lowest BCUT2D eigenvalue weighted by Crippen LogP contribution is -2.51. The van der Waals surface area contributed by atoms with Gasteiger partial charge in [0.2, 0.25) is 17.8 Å². The summed E-state index contributed by atoms with van der Waals surface area (Å²) in [7, 11) is -3.98. The third-order valence-corrected chi connectivity index (χ3v) is 8.83. The van der Waals surface area contributed by atoms with Gasteiger partial charge in [0.1, 0.15) is 11.6 Å². The number of piperidine rings is 1. The number of hydrogen-bond donors (Lipinski definition) is 2. The standard InChI is InChI=1S/C29H39ClFN5O6S/c30-24-17-33-29(34-18-24)35-10-7-21(8-11-35)4-3-12-42-25-6-5-23(26(31)16-25)15-28(38)36-19-22(20-36)14-27(37)32-9-1-2-13-43(39,40)41/h5-6,16-18,21-22H,1-4,7-15,19-20H2,(H,32,37)(H,39,40,41). The third-order valence-electron chi connectivity index (χ3n) is 7.83. The molecule has 1 aromatic heterocycles. The first kappa shape index (κ1) is 32.9. The van der Waals surface area contributed by atoms with Gasteiger partial charge in [-0.1, -0.05) is 17.7 Å². The third kappa shape index (κ3) is 10.9. The zero-order valence-electron chi connectivity index (χ0n) is 24.1. The minimum atomic E-state index is -3.98. The predicted molar refractivity (Wildman–Crippen MR) is 160 cm³/mol. The van der Waals surface area contributed by atoms with Crippen LogP contribution in [0.1, 0.15) is 50.5 Å². The highest BCUT2D eigenvalue weighted by Gasteiger charge is 2.32. The Balaban J connectivity index is 1.07. The second kappa shape index (κ2) is 15.6. The van der Waals surface area contributed by atoms with Gasteiger partial charge in [-0.05, 0) is 56.1 Å². The van der Waals surface area contributed by atoms with E-state index >= 15 is 0 Å². The number of amides is 2. The normalized spacial score (nSPS) is 16.2. The van der Waals surface area contributed by atoms with Crippen LogP contribution in [0.25, 0.3) is 0 Å². The summed E-state index contributed by atoms with van der Waals surface area (Å²) in [5.41, 5.74) is 0.305. The summed E-state index contributed by atoms with van der Waals surface area (Å²) in [5, 5.41) is 3.24. The highest BCUT2D eigenvalue weighted by atomic mass is 35.5. The molecule has 43 heavy (non-hydrogen) atoms. The minimum Gasteiger partial charge on any atom is -0.493 e. The average Bonchev–Trinajstić information content (AvgIpc) is 2.94. The molecular weight excluding hydrogens is 601 g/mol. The highest BCUT2D eigenvalue weighted by Crippen LogP contribution is 2.26. The van der Waals surface area contributed by atoms with E-state index in [1.165, 1.54) is 6.07 Å². The summed E-state index contributed by atoms with van der Waals surface area (Å²) in [4.78, 5) is 37.0. The predicted octanol–water partition coefficient (Wildman–Crippen LogP) is 3.52. The number of unbranched alkanes of at least 4 members (excludes halogenated alkanes) is 1. The van der Waals surface area contributed by atoms with Gasteiger partial charge in [-0.25, -0.2) is 14.4 Å². The van der Waals surface area contributed by atoms with E-state index in [2.05, 4.69) is 20.2 Å². The fraction of sp³-hybridized carbons (Fsp3) is 0.586. The van der Waals surface area contributed by atoms with E-state index in [0.29, 0.717) is 60.9 Å². The first-order chi connectivity index (χ1) is 20.6. The van der Waals surface area contributed by atoms with Gasteiger partial charge in [0, 0.05) is 51.1 Å². The van der Waals surface area contributed by atoms with Gasteiger partial charge in [0.05, 0.1) is 36.2 Å². The summed E-state index contributed by atoms with van der Waals surface area (Å²) in [6.45, 7) is 3.49. The number of rotatable bonds is 15. The fourth-order valence-electron chi connectivity index (χ4n) is 5.36. The number of carbonyl (C=O) groups is 2. The monoisotopic (exact) mass is 639 g/mol. The van der Waals surface area contributed by atoms with Crippen LogP contribution in [0.2, 0.25) is 5.02 Å². The largest absolute Gasteiger partial charge is 0.493 e. The van der Waals surface area contributed by atoms with Crippen LogP contribution in [0, 0.1) is 17.7 Å². The lowest BCUT2D eigenvalue weighted by Gasteiger charge is -2.39. The van der Waals surface area contributed by atoms with Crippen LogP contribution in [-0.2, 0) is 26.1 Å². The van der Waals surface area contributed by atoms with Crippen molar-refractivity contribution in [2.45, 2.75) is 51.4 Å². The van der Waals surface area contributed by atoms with E-state index in [-0.39, 0.29) is 42.7 Å². The molecule has 236 valence electrons. The Morgan fingerprint density at radius 3 is 2.49 bits per heavy atom. The number of ether oxygens (including phenoxy) is 1. The quantitative estimate of drug-likeness (QED) is 0.221. The van der Waals surface area contributed by atoms with Crippen molar-refractivity contribution in [3.05, 3.63) is 47.0 Å². The number of hydrogen-bond acceptors (Lipinski definition) is 8. The van der Waals surface area contributed by atoms with Crippen LogP contribution in [0.15, 0.2) is 30.6 Å². The molecule has 0 unspecified atom stereocenters. The van der Waals surface area contributed by atoms with E-state index in [9.17, 15) is 22.4 Å². The Labute approximate surface area is 256 Å². The zero-order chi connectivity index (χ0) is 30.8.